The van der Waals surface area contributed by atoms with Gasteiger partial charge >= 0.3 is 0 Å². The molecule has 0 aliphatic carbocycles. The van der Waals surface area contributed by atoms with Crippen LogP contribution in [0.4, 0.5) is 11.9 Å². The summed E-state index contributed by atoms with van der Waals surface area (Å²) in [5.74, 6) is 1.76. The van der Waals surface area contributed by atoms with Gasteiger partial charge in [0, 0.05) is 13.1 Å². The fraction of sp³-hybridized carbons (Fsp3) is 0.727. The molecule has 17 heavy (non-hydrogen) atoms. The fourth-order valence-corrected chi connectivity index (χ4v) is 1.54. The van der Waals surface area contributed by atoms with Crippen LogP contribution < -0.4 is 10.6 Å². The van der Waals surface area contributed by atoms with Crippen molar-refractivity contribution in [1.29, 1.82) is 0 Å². The highest BCUT2D eigenvalue weighted by Crippen LogP contribution is 2.10. The van der Waals surface area contributed by atoms with Crippen molar-refractivity contribution in [3.8, 4) is 0 Å². The molecule has 0 amide bonds. The lowest BCUT2D eigenvalue weighted by Gasteiger charge is -2.08. The van der Waals surface area contributed by atoms with Crippen molar-refractivity contribution in [3.63, 3.8) is 0 Å². The summed E-state index contributed by atoms with van der Waals surface area (Å²) in [4.78, 5) is 12.2. The summed E-state index contributed by atoms with van der Waals surface area (Å²) < 4.78 is 0. The van der Waals surface area contributed by atoms with Gasteiger partial charge in [-0.05, 0) is 37.3 Å². The van der Waals surface area contributed by atoms with Crippen molar-refractivity contribution < 1.29 is 0 Å². The predicted octanol–water partition coefficient (Wildman–Crippen LogP) is 2.80. The molecule has 0 saturated heterocycles. The Bertz CT molecular complexity index is 343. The lowest BCUT2D eigenvalue weighted by atomic mass is 10.1. The van der Waals surface area contributed by atoms with Gasteiger partial charge in [-0.15, -0.1) is 0 Å². The highest BCUT2D eigenvalue weighted by molar-refractivity contribution is 6.28. The van der Waals surface area contributed by atoms with Gasteiger partial charge in [-0.3, -0.25) is 0 Å². The Balaban J connectivity index is 2.46. The Morgan fingerprint density at radius 2 is 1.76 bits per heavy atom. The minimum absolute atomic E-state index is 0.210. The number of aromatic nitrogens is 3. The van der Waals surface area contributed by atoms with Gasteiger partial charge in [-0.1, -0.05) is 13.8 Å². The van der Waals surface area contributed by atoms with Crippen LogP contribution in [0.1, 0.15) is 33.6 Å². The molecule has 0 saturated carbocycles. The second kappa shape index (κ2) is 7.27. The van der Waals surface area contributed by atoms with E-state index in [1.807, 2.05) is 6.92 Å². The minimum atomic E-state index is 0.210. The topological polar surface area (TPSA) is 62.7 Å². The number of nitrogens with zero attached hydrogens (tertiary/aromatic N) is 3. The molecule has 0 unspecified atom stereocenters. The molecule has 0 spiro atoms. The molecule has 0 aromatic carbocycles. The van der Waals surface area contributed by atoms with E-state index in [0.29, 0.717) is 11.9 Å². The number of nitrogens with one attached hydrogen (secondary N) is 2. The van der Waals surface area contributed by atoms with Crippen LogP contribution in [0.5, 0.6) is 0 Å². The Kier molecular flexibility index (Phi) is 5.97. The lowest BCUT2D eigenvalue weighted by molar-refractivity contribution is 0.566. The summed E-state index contributed by atoms with van der Waals surface area (Å²) in [7, 11) is 0. The minimum Gasteiger partial charge on any atom is -0.354 e. The summed E-state index contributed by atoms with van der Waals surface area (Å²) >= 11 is 5.81. The first-order chi connectivity index (χ1) is 8.11. The highest BCUT2D eigenvalue weighted by atomic mass is 35.5. The van der Waals surface area contributed by atoms with Gasteiger partial charge in [0.05, 0.1) is 0 Å². The zero-order valence-corrected chi connectivity index (χ0v) is 11.4. The highest BCUT2D eigenvalue weighted by Gasteiger charge is 2.03. The Hall–Kier alpha value is -1.10. The molecule has 5 nitrogen and oxygen atoms in total. The smallest absolute Gasteiger partial charge is 0.228 e. The van der Waals surface area contributed by atoms with Crippen LogP contribution in [0.2, 0.25) is 5.28 Å². The first-order valence-corrected chi connectivity index (χ1v) is 6.39. The SMILES string of the molecule is CCNc1nc(Cl)nc(NCCCC(C)C)n1. The molecule has 96 valence electrons. The maximum absolute atomic E-state index is 5.81. The van der Waals surface area contributed by atoms with Crippen molar-refractivity contribution in [2.45, 2.75) is 33.6 Å². The lowest BCUT2D eigenvalue weighted by Crippen LogP contribution is -2.10. The standard InChI is InChI=1S/C11H20ClN5/c1-4-13-10-15-9(12)16-11(17-10)14-7-5-6-8(2)3/h8H,4-7H2,1-3H3,(H2,13,14,15,16,17). The van der Waals surface area contributed by atoms with Crippen LogP contribution in [-0.4, -0.2) is 28.0 Å². The van der Waals surface area contributed by atoms with E-state index < -0.39 is 0 Å². The molecule has 0 bridgehead atoms. The average Bonchev–Trinajstić information content (AvgIpc) is 2.24. The van der Waals surface area contributed by atoms with Crippen LogP contribution >= 0.6 is 11.6 Å². The quantitative estimate of drug-likeness (QED) is 0.736. The van der Waals surface area contributed by atoms with E-state index in [9.17, 15) is 0 Å². The molecule has 0 fully saturated rings. The van der Waals surface area contributed by atoms with E-state index in [-0.39, 0.29) is 5.28 Å². The van der Waals surface area contributed by atoms with Crippen LogP contribution in [0.3, 0.4) is 0 Å². The van der Waals surface area contributed by atoms with Crippen molar-refractivity contribution in [1.82, 2.24) is 15.0 Å². The van der Waals surface area contributed by atoms with E-state index in [0.717, 1.165) is 25.4 Å². The molecule has 0 atom stereocenters. The van der Waals surface area contributed by atoms with Gasteiger partial charge in [0.15, 0.2) is 0 Å². The van der Waals surface area contributed by atoms with E-state index in [1.165, 1.54) is 6.42 Å². The second-order valence-corrected chi connectivity index (χ2v) is 4.58. The third-order valence-electron chi connectivity index (χ3n) is 2.18. The van der Waals surface area contributed by atoms with Gasteiger partial charge in [-0.25, -0.2) is 0 Å². The predicted molar refractivity (Wildman–Crippen MR) is 71.6 cm³/mol. The van der Waals surface area contributed by atoms with Gasteiger partial charge < -0.3 is 10.6 Å². The summed E-state index contributed by atoms with van der Waals surface area (Å²) in [5, 5.41) is 6.37. The second-order valence-electron chi connectivity index (χ2n) is 4.24. The van der Waals surface area contributed by atoms with E-state index in [1.54, 1.807) is 0 Å². The monoisotopic (exact) mass is 257 g/mol. The van der Waals surface area contributed by atoms with Gasteiger partial charge in [0.25, 0.3) is 0 Å². The van der Waals surface area contributed by atoms with Crippen molar-refractivity contribution in [3.05, 3.63) is 5.28 Å². The maximum Gasteiger partial charge on any atom is 0.228 e. The van der Waals surface area contributed by atoms with Crippen molar-refractivity contribution in [2.24, 2.45) is 5.92 Å². The molecular weight excluding hydrogens is 238 g/mol. The first-order valence-electron chi connectivity index (χ1n) is 6.01. The van der Waals surface area contributed by atoms with Crippen LogP contribution in [0, 0.1) is 5.92 Å². The average molecular weight is 258 g/mol. The van der Waals surface area contributed by atoms with Crippen molar-refractivity contribution in [2.75, 3.05) is 23.7 Å². The van der Waals surface area contributed by atoms with Crippen LogP contribution in [-0.2, 0) is 0 Å². The first kappa shape index (κ1) is 14.0. The zero-order valence-electron chi connectivity index (χ0n) is 10.6. The Morgan fingerprint density at radius 3 is 2.35 bits per heavy atom. The number of hydrogen-bond donors (Lipinski definition) is 2. The van der Waals surface area contributed by atoms with Crippen LogP contribution in [0.15, 0.2) is 0 Å². The van der Waals surface area contributed by atoms with Gasteiger partial charge in [-0.2, -0.15) is 15.0 Å². The van der Waals surface area contributed by atoms with Crippen molar-refractivity contribution >= 4 is 23.5 Å². The molecule has 0 radical (unpaired) electrons. The number of hydrogen-bond acceptors (Lipinski definition) is 5. The maximum atomic E-state index is 5.81. The zero-order chi connectivity index (χ0) is 12.7. The third kappa shape index (κ3) is 5.68. The molecule has 1 heterocycles. The van der Waals surface area contributed by atoms with E-state index >= 15 is 0 Å². The normalized spacial score (nSPS) is 10.6. The molecule has 0 aliphatic rings. The number of halogens is 1. The summed E-state index contributed by atoms with van der Waals surface area (Å²) in [6.07, 6.45) is 2.28. The molecule has 6 heteroatoms. The summed E-state index contributed by atoms with van der Waals surface area (Å²) in [6, 6.07) is 0. The molecule has 1 rings (SSSR count). The number of anilines is 2. The summed E-state index contributed by atoms with van der Waals surface area (Å²) in [6.45, 7) is 8.01. The molecule has 1 aromatic heterocycles. The largest absolute Gasteiger partial charge is 0.354 e. The molecule has 2 N–H and O–H groups in total. The van der Waals surface area contributed by atoms with Gasteiger partial charge in [0.1, 0.15) is 0 Å². The molecular formula is C11H20ClN5. The Morgan fingerprint density at radius 1 is 1.12 bits per heavy atom. The van der Waals surface area contributed by atoms with Crippen LogP contribution in [0.25, 0.3) is 0 Å². The third-order valence-corrected chi connectivity index (χ3v) is 2.35. The summed E-state index contributed by atoms with van der Waals surface area (Å²) in [5.41, 5.74) is 0. The Labute approximate surface area is 107 Å². The molecule has 0 aliphatic heterocycles. The van der Waals surface area contributed by atoms with Gasteiger partial charge in [0.2, 0.25) is 17.2 Å². The fourth-order valence-electron chi connectivity index (χ4n) is 1.38. The molecule has 1 aromatic rings. The number of rotatable bonds is 7. The van der Waals surface area contributed by atoms with E-state index in [4.69, 9.17) is 11.6 Å². The van der Waals surface area contributed by atoms with E-state index in [2.05, 4.69) is 39.4 Å².